The predicted molar refractivity (Wildman–Crippen MR) is 85.0 cm³/mol. The molecule has 2 rings (SSSR count). The van der Waals surface area contributed by atoms with Crippen LogP contribution in [-0.2, 0) is 14.6 Å². The average Bonchev–Trinajstić information content (AvgIpc) is 2.51. The first-order valence-electron chi connectivity index (χ1n) is 7.53. The van der Waals surface area contributed by atoms with E-state index in [1.165, 1.54) is 12.5 Å². The lowest BCUT2D eigenvalue weighted by Crippen LogP contribution is -2.30. The van der Waals surface area contributed by atoms with Crippen molar-refractivity contribution in [2.75, 3.05) is 44.9 Å². The van der Waals surface area contributed by atoms with E-state index < -0.39 is 9.84 Å². The standard InChI is InChI=1S/C14H24N4O3S/c1-21-8-4-7-16-14-17-10-12(22(2,19)20)13(18-14)11-5-3-6-15-9-11/h10-11,15H,3-9H2,1-2H3,(H,16,17,18). The van der Waals surface area contributed by atoms with E-state index in [-0.39, 0.29) is 10.8 Å². The highest BCUT2D eigenvalue weighted by molar-refractivity contribution is 7.90. The number of ether oxygens (including phenoxy) is 1. The molecule has 0 spiro atoms. The molecular weight excluding hydrogens is 304 g/mol. The Morgan fingerprint density at radius 2 is 2.32 bits per heavy atom. The number of sulfone groups is 1. The Bertz CT molecular complexity index is 586. The molecule has 1 aliphatic heterocycles. The van der Waals surface area contributed by atoms with Crippen LogP contribution in [0.25, 0.3) is 0 Å². The fourth-order valence-electron chi connectivity index (χ4n) is 2.55. The first-order valence-corrected chi connectivity index (χ1v) is 9.42. The Kier molecular flexibility index (Phi) is 6.10. The molecule has 1 aromatic rings. The van der Waals surface area contributed by atoms with Crippen molar-refractivity contribution in [3.05, 3.63) is 11.9 Å². The largest absolute Gasteiger partial charge is 0.385 e. The summed E-state index contributed by atoms with van der Waals surface area (Å²) in [6.07, 6.45) is 5.43. The summed E-state index contributed by atoms with van der Waals surface area (Å²) in [4.78, 5) is 8.85. The highest BCUT2D eigenvalue weighted by atomic mass is 32.2. The van der Waals surface area contributed by atoms with Crippen molar-refractivity contribution in [2.45, 2.75) is 30.1 Å². The second kappa shape index (κ2) is 7.85. The van der Waals surface area contributed by atoms with E-state index in [9.17, 15) is 8.42 Å². The molecule has 1 atom stereocenters. The van der Waals surface area contributed by atoms with Crippen molar-refractivity contribution in [1.82, 2.24) is 15.3 Å². The number of piperidine rings is 1. The van der Waals surface area contributed by atoms with Crippen molar-refractivity contribution in [1.29, 1.82) is 0 Å². The van der Waals surface area contributed by atoms with Gasteiger partial charge in [-0.2, -0.15) is 0 Å². The van der Waals surface area contributed by atoms with E-state index >= 15 is 0 Å². The Morgan fingerprint density at radius 1 is 1.50 bits per heavy atom. The molecular formula is C14H24N4O3S. The average molecular weight is 328 g/mol. The molecule has 1 fully saturated rings. The smallest absolute Gasteiger partial charge is 0.222 e. The van der Waals surface area contributed by atoms with Crippen molar-refractivity contribution >= 4 is 15.8 Å². The van der Waals surface area contributed by atoms with E-state index in [1.807, 2.05) is 0 Å². The lowest BCUT2D eigenvalue weighted by atomic mass is 9.96. The lowest BCUT2D eigenvalue weighted by Gasteiger charge is -2.24. The van der Waals surface area contributed by atoms with Gasteiger partial charge in [-0.25, -0.2) is 18.4 Å². The van der Waals surface area contributed by atoms with Gasteiger partial charge in [0.25, 0.3) is 0 Å². The van der Waals surface area contributed by atoms with Crippen LogP contribution in [0.15, 0.2) is 11.1 Å². The summed E-state index contributed by atoms with van der Waals surface area (Å²) in [7, 11) is -1.67. The maximum absolute atomic E-state index is 12.0. The number of hydrogen-bond acceptors (Lipinski definition) is 7. The van der Waals surface area contributed by atoms with E-state index in [4.69, 9.17) is 4.74 Å². The summed E-state index contributed by atoms with van der Waals surface area (Å²) in [5.74, 6) is 0.588. The number of rotatable bonds is 7. The van der Waals surface area contributed by atoms with Gasteiger partial charge in [-0.3, -0.25) is 0 Å². The molecule has 1 saturated heterocycles. The quantitative estimate of drug-likeness (QED) is 0.715. The molecule has 0 aromatic carbocycles. The topological polar surface area (TPSA) is 93.2 Å². The van der Waals surface area contributed by atoms with E-state index in [2.05, 4.69) is 20.6 Å². The Morgan fingerprint density at radius 3 is 2.95 bits per heavy atom. The molecule has 0 aliphatic carbocycles. The summed E-state index contributed by atoms with van der Waals surface area (Å²) in [5, 5.41) is 6.42. The molecule has 1 aromatic heterocycles. The number of anilines is 1. The highest BCUT2D eigenvalue weighted by Crippen LogP contribution is 2.27. The van der Waals surface area contributed by atoms with Gasteiger partial charge in [0, 0.05) is 39.0 Å². The van der Waals surface area contributed by atoms with Crippen LogP contribution in [-0.4, -0.2) is 58.0 Å². The van der Waals surface area contributed by atoms with Gasteiger partial charge in [-0.1, -0.05) is 0 Å². The minimum absolute atomic E-state index is 0.112. The molecule has 0 radical (unpaired) electrons. The molecule has 7 nitrogen and oxygen atoms in total. The maximum atomic E-state index is 12.0. The summed E-state index contributed by atoms with van der Waals surface area (Å²) >= 11 is 0. The zero-order chi connectivity index (χ0) is 16.0. The third-order valence-electron chi connectivity index (χ3n) is 3.67. The predicted octanol–water partition coefficient (Wildman–Crippen LogP) is 0.796. The van der Waals surface area contributed by atoms with Gasteiger partial charge >= 0.3 is 0 Å². The van der Waals surface area contributed by atoms with Crippen LogP contribution >= 0.6 is 0 Å². The normalized spacial score (nSPS) is 19.1. The number of aromatic nitrogens is 2. The second-order valence-corrected chi connectivity index (χ2v) is 7.52. The van der Waals surface area contributed by atoms with Gasteiger partial charge in [0.05, 0.1) is 11.9 Å². The highest BCUT2D eigenvalue weighted by Gasteiger charge is 2.25. The van der Waals surface area contributed by atoms with Crippen molar-refractivity contribution in [3.63, 3.8) is 0 Å². The number of methoxy groups -OCH3 is 1. The van der Waals surface area contributed by atoms with Gasteiger partial charge < -0.3 is 15.4 Å². The molecule has 8 heteroatoms. The SMILES string of the molecule is COCCCNc1ncc(S(C)(=O)=O)c(C2CCCNC2)n1. The molecule has 1 aliphatic rings. The van der Waals surface area contributed by atoms with Crippen LogP contribution in [0.1, 0.15) is 30.9 Å². The second-order valence-electron chi connectivity index (χ2n) is 5.53. The van der Waals surface area contributed by atoms with Crippen LogP contribution in [0.3, 0.4) is 0 Å². The molecule has 2 heterocycles. The summed E-state index contributed by atoms with van der Waals surface area (Å²) in [6.45, 7) is 3.07. The van der Waals surface area contributed by atoms with Crippen LogP contribution in [0.5, 0.6) is 0 Å². The number of nitrogens with zero attached hydrogens (tertiary/aromatic N) is 2. The fraction of sp³-hybridized carbons (Fsp3) is 0.714. The van der Waals surface area contributed by atoms with Crippen molar-refractivity contribution < 1.29 is 13.2 Å². The van der Waals surface area contributed by atoms with E-state index in [1.54, 1.807) is 7.11 Å². The van der Waals surface area contributed by atoms with Gasteiger partial charge in [-0.05, 0) is 25.8 Å². The zero-order valence-electron chi connectivity index (χ0n) is 13.1. The summed E-state index contributed by atoms with van der Waals surface area (Å²) in [5.41, 5.74) is 0.624. The fourth-order valence-corrected chi connectivity index (χ4v) is 3.39. The van der Waals surface area contributed by atoms with Crippen LogP contribution in [0, 0.1) is 0 Å². The van der Waals surface area contributed by atoms with Crippen molar-refractivity contribution in [3.8, 4) is 0 Å². The monoisotopic (exact) mass is 328 g/mol. The van der Waals surface area contributed by atoms with Crippen molar-refractivity contribution in [2.24, 2.45) is 0 Å². The third kappa shape index (κ3) is 4.62. The Hall–Kier alpha value is -1.25. The Labute approximate surface area is 131 Å². The Balaban J connectivity index is 2.21. The van der Waals surface area contributed by atoms with Gasteiger partial charge in [0.2, 0.25) is 5.95 Å². The minimum Gasteiger partial charge on any atom is -0.385 e. The lowest BCUT2D eigenvalue weighted by molar-refractivity contribution is 0.197. The first kappa shape index (κ1) is 17.1. The maximum Gasteiger partial charge on any atom is 0.222 e. The van der Waals surface area contributed by atoms with Crippen LogP contribution in [0.4, 0.5) is 5.95 Å². The molecule has 22 heavy (non-hydrogen) atoms. The minimum atomic E-state index is -3.33. The molecule has 0 saturated carbocycles. The zero-order valence-corrected chi connectivity index (χ0v) is 13.9. The molecule has 0 amide bonds. The number of hydrogen-bond donors (Lipinski definition) is 2. The van der Waals surface area contributed by atoms with Gasteiger partial charge in [-0.15, -0.1) is 0 Å². The van der Waals surface area contributed by atoms with E-state index in [0.717, 1.165) is 32.4 Å². The third-order valence-corrected chi connectivity index (χ3v) is 4.79. The van der Waals surface area contributed by atoms with Crippen LogP contribution < -0.4 is 10.6 Å². The summed E-state index contributed by atoms with van der Waals surface area (Å²) < 4.78 is 28.9. The summed E-state index contributed by atoms with van der Waals surface area (Å²) in [6, 6.07) is 0. The molecule has 1 unspecified atom stereocenters. The molecule has 2 N–H and O–H groups in total. The first-order chi connectivity index (χ1) is 10.5. The van der Waals surface area contributed by atoms with E-state index in [0.29, 0.717) is 24.8 Å². The molecule has 124 valence electrons. The van der Waals surface area contributed by atoms with Crippen LogP contribution in [0.2, 0.25) is 0 Å². The molecule has 0 bridgehead atoms. The van der Waals surface area contributed by atoms with Gasteiger partial charge in [0.1, 0.15) is 4.90 Å². The number of nitrogens with one attached hydrogen (secondary N) is 2. The van der Waals surface area contributed by atoms with Gasteiger partial charge in [0.15, 0.2) is 9.84 Å².